The molecule has 0 unspecified atom stereocenters. The smallest absolute Gasteiger partial charge is 0.340 e. The molecule has 0 amide bonds. The summed E-state index contributed by atoms with van der Waals surface area (Å²) in [6.45, 7) is 4.62. The Hall–Kier alpha value is -5.38. The maximum absolute atomic E-state index is 12.8. The van der Waals surface area contributed by atoms with Crippen LogP contribution < -0.4 is 9.47 Å². The number of methoxy groups -OCH3 is 2. The fourth-order valence-corrected chi connectivity index (χ4v) is 5.47. The Morgan fingerprint density at radius 3 is 1.46 bits per heavy atom. The number of fused-ring (bicyclic) bond motifs is 3. The molecule has 0 aliphatic rings. The van der Waals surface area contributed by atoms with Gasteiger partial charge in [-0.3, -0.25) is 4.79 Å². The summed E-state index contributed by atoms with van der Waals surface area (Å²) in [5.74, 6) is -2.87. The van der Waals surface area contributed by atoms with Crippen LogP contribution in [0.15, 0.2) is 40.8 Å². The molecule has 0 atom stereocenters. The van der Waals surface area contributed by atoms with E-state index in [0.717, 1.165) is 0 Å². The first-order valence-electron chi connectivity index (χ1n) is 12.4. The van der Waals surface area contributed by atoms with E-state index in [9.17, 15) is 35.1 Å². The number of phenols is 4. The van der Waals surface area contributed by atoms with E-state index in [4.69, 9.17) is 13.9 Å². The minimum absolute atomic E-state index is 0.0149. The number of benzene rings is 4. The Morgan fingerprint density at radius 2 is 1.07 bits per heavy atom. The van der Waals surface area contributed by atoms with Gasteiger partial charge in [0.05, 0.1) is 19.8 Å². The number of furan rings is 1. The summed E-state index contributed by atoms with van der Waals surface area (Å²) < 4.78 is 16.7. The van der Waals surface area contributed by atoms with Crippen molar-refractivity contribution < 1.29 is 49.0 Å². The van der Waals surface area contributed by atoms with Crippen LogP contribution in [-0.2, 0) is 0 Å². The molecule has 0 fully saturated rings. The standard InChI is InChI=1S/C31H26O10/c1-12-6-21(35)29-27(23(12)17-8-15(39-4)10-19(33)25(17)14(3)32)28-24(13(2)7-22(36)30(28)41-29)18-9-16(40-5)11-20(34)26(18)31(37)38/h6-11,33-36H,1-5H3,(H,37,38). The van der Waals surface area contributed by atoms with Gasteiger partial charge >= 0.3 is 5.97 Å². The van der Waals surface area contributed by atoms with Crippen molar-refractivity contribution in [3.8, 4) is 56.8 Å². The van der Waals surface area contributed by atoms with Crippen LogP contribution in [0.4, 0.5) is 0 Å². The Bertz CT molecular complexity index is 1790. The van der Waals surface area contributed by atoms with Crippen molar-refractivity contribution in [2.45, 2.75) is 20.8 Å². The lowest BCUT2D eigenvalue weighted by molar-refractivity contribution is 0.0694. The van der Waals surface area contributed by atoms with Crippen LogP contribution >= 0.6 is 0 Å². The zero-order valence-electron chi connectivity index (χ0n) is 22.7. The van der Waals surface area contributed by atoms with Crippen LogP contribution in [0, 0.1) is 13.8 Å². The molecule has 0 spiro atoms. The number of aromatic hydroxyl groups is 4. The molecule has 5 N–H and O–H groups in total. The van der Waals surface area contributed by atoms with Crippen molar-refractivity contribution in [2.24, 2.45) is 0 Å². The summed E-state index contributed by atoms with van der Waals surface area (Å²) >= 11 is 0. The number of carboxylic acid groups (broad SMARTS) is 1. The first-order valence-corrected chi connectivity index (χ1v) is 12.4. The topological polar surface area (TPSA) is 167 Å². The highest BCUT2D eigenvalue weighted by Gasteiger charge is 2.29. The Kier molecular flexibility index (Phi) is 6.41. The molecular formula is C31H26O10. The number of ether oxygens (including phenoxy) is 2. The number of aromatic carboxylic acids is 1. The Balaban J connectivity index is 2.10. The molecule has 10 heteroatoms. The van der Waals surface area contributed by atoms with E-state index >= 15 is 0 Å². The van der Waals surface area contributed by atoms with E-state index in [1.165, 1.54) is 51.5 Å². The van der Waals surface area contributed by atoms with Crippen molar-refractivity contribution in [2.75, 3.05) is 14.2 Å². The predicted octanol–water partition coefficient (Wildman–Crippen LogP) is 6.28. The normalized spacial score (nSPS) is 11.2. The van der Waals surface area contributed by atoms with Crippen LogP contribution in [0.3, 0.4) is 0 Å². The second-order valence-electron chi connectivity index (χ2n) is 9.68. The van der Waals surface area contributed by atoms with Gasteiger partial charge < -0.3 is 39.4 Å². The number of carbonyl (C=O) groups is 2. The third-order valence-corrected chi connectivity index (χ3v) is 7.13. The van der Waals surface area contributed by atoms with E-state index in [-0.39, 0.29) is 72.9 Å². The molecule has 0 radical (unpaired) electrons. The van der Waals surface area contributed by atoms with Gasteiger partial charge in [0.25, 0.3) is 0 Å². The van der Waals surface area contributed by atoms with E-state index in [1.807, 2.05) is 0 Å². The maximum atomic E-state index is 12.8. The Morgan fingerprint density at radius 1 is 0.659 bits per heavy atom. The van der Waals surface area contributed by atoms with Crippen LogP contribution in [0.5, 0.6) is 34.5 Å². The largest absolute Gasteiger partial charge is 0.507 e. The van der Waals surface area contributed by atoms with Gasteiger partial charge in [-0.15, -0.1) is 0 Å². The number of ketones is 1. The highest BCUT2D eigenvalue weighted by atomic mass is 16.5. The van der Waals surface area contributed by atoms with Crippen LogP contribution in [0.1, 0.15) is 38.8 Å². The number of hydrogen-bond acceptors (Lipinski definition) is 9. The average Bonchev–Trinajstić information content (AvgIpc) is 3.28. The monoisotopic (exact) mass is 558 g/mol. The number of hydrogen-bond donors (Lipinski definition) is 5. The Labute approximate surface area is 233 Å². The van der Waals surface area contributed by atoms with Crippen molar-refractivity contribution in [3.05, 3.63) is 58.7 Å². The number of rotatable bonds is 6. The highest BCUT2D eigenvalue weighted by molar-refractivity contribution is 6.23. The minimum Gasteiger partial charge on any atom is -0.507 e. The quantitative estimate of drug-likeness (QED) is 0.150. The number of carbonyl (C=O) groups excluding carboxylic acids is 1. The van der Waals surface area contributed by atoms with Crippen LogP contribution in [0.25, 0.3) is 44.2 Å². The van der Waals surface area contributed by atoms with Gasteiger partial charge in [-0.05, 0) is 67.3 Å². The van der Waals surface area contributed by atoms with E-state index in [2.05, 4.69) is 0 Å². The molecule has 5 rings (SSSR count). The molecule has 41 heavy (non-hydrogen) atoms. The third kappa shape index (κ3) is 4.11. The van der Waals surface area contributed by atoms with Gasteiger partial charge in [0, 0.05) is 34.0 Å². The zero-order valence-corrected chi connectivity index (χ0v) is 22.7. The molecule has 10 nitrogen and oxygen atoms in total. The maximum Gasteiger partial charge on any atom is 0.340 e. The second-order valence-corrected chi connectivity index (χ2v) is 9.68. The van der Waals surface area contributed by atoms with Gasteiger partial charge in [0.15, 0.2) is 28.4 Å². The number of carboxylic acids is 1. The van der Waals surface area contributed by atoms with Gasteiger partial charge in [-0.1, -0.05) is 0 Å². The summed E-state index contributed by atoms with van der Waals surface area (Å²) in [5, 5.41) is 53.9. The molecule has 210 valence electrons. The van der Waals surface area contributed by atoms with E-state index in [0.29, 0.717) is 16.7 Å². The van der Waals surface area contributed by atoms with Gasteiger partial charge in [-0.25, -0.2) is 4.79 Å². The zero-order chi connectivity index (χ0) is 29.9. The lowest BCUT2D eigenvalue weighted by Gasteiger charge is -2.17. The molecule has 0 saturated carbocycles. The molecule has 0 bridgehead atoms. The summed E-state index contributed by atoms with van der Waals surface area (Å²) in [6.07, 6.45) is 0. The molecule has 0 aliphatic carbocycles. The third-order valence-electron chi connectivity index (χ3n) is 7.13. The summed E-state index contributed by atoms with van der Waals surface area (Å²) in [7, 11) is 2.77. The summed E-state index contributed by atoms with van der Waals surface area (Å²) in [4.78, 5) is 25.1. The first-order chi connectivity index (χ1) is 19.4. The number of aryl methyl sites for hydroxylation is 2. The second kappa shape index (κ2) is 9.67. The van der Waals surface area contributed by atoms with Crippen molar-refractivity contribution in [3.63, 3.8) is 0 Å². The number of phenolic OH excluding ortho intramolecular Hbond substituents is 3. The molecule has 1 aromatic heterocycles. The lowest BCUT2D eigenvalue weighted by atomic mass is 9.86. The first kappa shape index (κ1) is 27.2. The molecule has 0 saturated heterocycles. The highest BCUT2D eigenvalue weighted by Crippen LogP contribution is 2.52. The fourth-order valence-electron chi connectivity index (χ4n) is 5.47. The molecule has 1 heterocycles. The van der Waals surface area contributed by atoms with Gasteiger partial charge in [0.2, 0.25) is 0 Å². The molecule has 4 aromatic carbocycles. The number of Topliss-reactive ketones (excluding diaryl/α,β-unsaturated/α-hetero) is 1. The summed E-state index contributed by atoms with van der Waals surface area (Å²) in [5.41, 5.74) is 1.30. The molecule has 0 aliphatic heterocycles. The van der Waals surface area contributed by atoms with E-state index < -0.39 is 23.1 Å². The van der Waals surface area contributed by atoms with Crippen molar-refractivity contribution >= 4 is 33.7 Å². The predicted molar refractivity (Wildman–Crippen MR) is 151 cm³/mol. The van der Waals surface area contributed by atoms with Crippen molar-refractivity contribution in [1.82, 2.24) is 0 Å². The fraction of sp³-hybridized carbons (Fsp3) is 0.161. The van der Waals surface area contributed by atoms with Gasteiger partial charge in [-0.2, -0.15) is 0 Å². The van der Waals surface area contributed by atoms with Gasteiger partial charge in [0.1, 0.15) is 28.6 Å². The molecule has 5 aromatic rings. The van der Waals surface area contributed by atoms with Crippen molar-refractivity contribution in [1.29, 1.82) is 0 Å². The van der Waals surface area contributed by atoms with Crippen LogP contribution in [0.2, 0.25) is 0 Å². The SMILES string of the molecule is COc1cc(O)c(C(C)=O)c(-c2c(C)cc(O)c3oc4c(O)cc(C)c(-c5cc(OC)cc(O)c5C(=O)O)c4c23)c1. The summed E-state index contributed by atoms with van der Waals surface area (Å²) in [6, 6.07) is 8.28. The van der Waals surface area contributed by atoms with Crippen LogP contribution in [-0.4, -0.2) is 51.5 Å². The average molecular weight is 559 g/mol. The molecular weight excluding hydrogens is 532 g/mol. The lowest BCUT2D eigenvalue weighted by Crippen LogP contribution is -2.03. The van der Waals surface area contributed by atoms with E-state index in [1.54, 1.807) is 19.9 Å². The minimum atomic E-state index is -1.41.